The van der Waals surface area contributed by atoms with E-state index in [1.54, 1.807) is 0 Å². The number of ether oxygens (including phenoxy) is 5. The molecule has 0 amide bonds. The second-order valence-electron chi connectivity index (χ2n) is 12.9. The quantitative estimate of drug-likeness (QED) is 0.106. The SMILES string of the molecule is CC1OC(OC2C(c3c(O)cc(O)c4c(=O)cc(-c5ccc(OC6OC(CO)C(O)C(O)C6O)cc5)oc34)OC(CO)C(O)C2O)C(O)C(O)C1O. The molecule has 19 heteroatoms. The van der Waals surface area contributed by atoms with Gasteiger partial charge in [0.25, 0.3) is 0 Å². The fourth-order valence-electron chi connectivity index (χ4n) is 6.49. The first-order valence-corrected chi connectivity index (χ1v) is 16.2. The minimum Gasteiger partial charge on any atom is -0.507 e. The van der Waals surface area contributed by atoms with Crippen molar-refractivity contribution in [1.29, 1.82) is 0 Å². The van der Waals surface area contributed by atoms with Crippen molar-refractivity contribution in [1.82, 2.24) is 0 Å². The smallest absolute Gasteiger partial charge is 0.229 e. The summed E-state index contributed by atoms with van der Waals surface area (Å²) in [6.45, 7) is -0.128. The van der Waals surface area contributed by atoms with Gasteiger partial charge in [0.2, 0.25) is 6.29 Å². The summed E-state index contributed by atoms with van der Waals surface area (Å²) in [5.74, 6) is -1.48. The molecule has 3 saturated heterocycles. The van der Waals surface area contributed by atoms with Gasteiger partial charge in [-0.1, -0.05) is 0 Å². The molecule has 3 aliphatic rings. The average Bonchev–Trinajstić information content (AvgIpc) is 3.12. The predicted molar refractivity (Wildman–Crippen MR) is 170 cm³/mol. The molecule has 0 bridgehead atoms. The first-order valence-electron chi connectivity index (χ1n) is 16.2. The highest BCUT2D eigenvalue weighted by atomic mass is 16.7. The zero-order chi connectivity index (χ0) is 37.8. The summed E-state index contributed by atoms with van der Waals surface area (Å²) in [6.07, 6.45) is -24.2. The van der Waals surface area contributed by atoms with E-state index >= 15 is 0 Å². The molecule has 2 aromatic carbocycles. The molecule has 15 atom stereocenters. The molecule has 1 aromatic heterocycles. The Labute approximate surface area is 293 Å². The van der Waals surface area contributed by atoms with Crippen LogP contribution in [0.4, 0.5) is 0 Å². The van der Waals surface area contributed by atoms with Crippen molar-refractivity contribution in [2.45, 2.75) is 98.9 Å². The molecule has 6 rings (SSSR count). The summed E-state index contributed by atoms with van der Waals surface area (Å²) in [5, 5.41) is 124. The Kier molecular flexibility index (Phi) is 11.1. The lowest BCUT2D eigenvalue weighted by Gasteiger charge is -2.46. The van der Waals surface area contributed by atoms with Gasteiger partial charge >= 0.3 is 0 Å². The summed E-state index contributed by atoms with van der Waals surface area (Å²) in [4.78, 5) is 13.5. The lowest BCUT2D eigenvalue weighted by molar-refractivity contribution is -0.338. The zero-order valence-electron chi connectivity index (χ0n) is 27.3. The van der Waals surface area contributed by atoms with E-state index in [0.29, 0.717) is 0 Å². The third kappa shape index (κ3) is 6.85. The number of benzene rings is 2. The van der Waals surface area contributed by atoms with Crippen molar-refractivity contribution >= 4 is 11.0 Å². The lowest BCUT2D eigenvalue weighted by Crippen LogP contribution is -2.61. The Balaban J connectivity index is 1.37. The van der Waals surface area contributed by atoms with Gasteiger partial charge in [-0.25, -0.2) is 0 Å². The van der Waals surface area contributed by atoms with Crippen LogP contribution >= 0.6 is 0 Å². The van der Waals surface area contributed by atoms with Crippen LogP contribution in [0.15, 0.2) is 45.6 Å². The second kappa shape index (κ2) is 15.1. The summed E-state index contributed by atoms with van der Waals surface area (Å²) in [7, 11) is 0. The normalized spacial score (nSPS) is 38.3. The molecule has 0 saturated carbocycles. The zero-order valence-corrected chi connectivity index (χ0v) is 27.3. The van der Waals surface area contributed by atoms with E-state index in [2.05, 4.69) is 0 Å². The minimum atomic E-state index is -1.92. The van der Waals surface area contributed by atoms with E-state index in [1.165, 1.54) is 31.2 Å². The summed E-state index contributed by atoms with van der Waals surface area (Å²) in [5.41, 5.74) is -1.42. The third-order valence-electron chi connectivity index (χ3n) is 9.49. The molecule has 4 heterocycles. The highest BCUT2D eigenvalue weighted by Gasteiger charge is 2.51. The predicted octanol–water partition coefficient (Wildman–Crippen LogP) is -3.58. The Morgan fingerprint density at radius 1 is 0.673 bits per heavy atom. The molecule has 3 aromatic rings. The standard InChI is InChI=1S/C33H40O19/c1-10-21(39)24(42)27(45)32(47-10)52-31-26(44)23(41)17(8-34)50-30(31)20-14(37)6-13(36)19-15(38)7-16(49-29(19)20)11-2-4-12(5-3-11)48-33-28(46)25(43)22(40)18(9-35)51-33/h2-7,10,17-18,21-28,30-37,39-46H,8-9H2,1H3. The van der Waals surface area contributed by atoms with E-state index in [4.69, 9.17) is 28.1 Å². The maximum absolute atomic E-state index is 13.5. The number of fused-ring (bicyclic) bond motifs is 1. The number of aliphatic hydroxyl groups is 10. The van der Waals surface area contributed by atoms with Crippen LogP contribution in [0.2, 0.25) is 0 Å². The van der Waals surface area contributed by atoms with E-state index in [9.17, 15) is 66.1 Å². The third-order valence-corrected chi connectivity index (χ3v) is 9.49. The largest absolute Gasteiger partial charge is 0.507 e. The average molecular weight is 741 g/mol. The van der Waals surface area contributed by atoms with E-state index in [1.807, 2.05) is 0 Å². The fraction of sp³-hybridized carbons (Fsp3) is 0.545. The molecule has 12 N–H and O–H groups in total. The summed E-state index contributed by atoms with van der Waals surface area (Å²) < 4.78 is 34.2. The van der Waals surface area contributed by atoms with Crippen LogP contribution in [0.1, 0.15) is 18.6 Å². The Morgan fingerprint density at radius 3 is 1.92 bits per heavy atom. The summed E-state index contributed by atoms with van der Waals surface area (Å²) >= 11 is 0. The Bertz CT molecular complexity index is 1760. The van der Waals surface area contributed by atoms with Crippen LogP contribution in [0.5, 0.6) is 17.2 Å². The van der Waals surface area contributed by atoms with Crippen molar-refractivity contribution in [2.24, 2.45) is 0 Å². The Hall–Kier alpha value is -3.51. The van der Waals surface area contributed by atoms with Crippen molar-refractivity contribution in [2.75, 3.05) is 13.2 Å². The van der Waals surface area contributed by atoms with Crippen LogP contribution in [0.25, 0.3) is 22.3 Å². The molecular formula is C33H40O19. The number of hydrogen-bond acceptors (Lipinski definition) is 19. The van der Waals surface area contributed by atoms with Gasteiger partial charge in [0.1, 0.15) is 102 Å². The van der Waals surface area contributed by atoms with Crippen LogP contribution in [-0.2, 0) is 18.9 Å². The monoisotopic (exact) mass is 740 g/mol. The van der Waals surface area contributed by atoms with E-state index in [0.717, 1.165) is 12.1 Å². The van der Waals surface area contributed by atoms with Crippen molar-refractivity contribution in [3.05, 3.63) is 52.2 Å². The van der Waals surface area contributed by atoms with Gasteiger partial charge in [0.05, 0.1) is 24.9 Å². The topological polar surface area (TPSA) is 319 Å². The first kappa shape index (κ1) is 38.2. The van der Waals surface area contributed by atoms with Gasteiger partial charge in [-0.3, -0.25) is 4.79 Å². The second-order valence-corrected chi connectivity index (χ2v) is 12.9. The number of rotatable bonds is 8. The molecule has 52 heavy (non-hydrogen) atoms. The van der Waals surface area contributed by atoms with Crippen LogP contribution in [-0.4, -0.2) is 160 Å². The van der Waals surface area contributed by atoms with Crippen molar-refractivity contribution in [3.8, 4) is 28.6 Å². The first-order chi connectivity index (χ1) is 24.7. The molecule has 19 nitrogen and oxygen atoms in total. The highest BCUT2D eigenvalue weighted by Crippen LogP contribution is 2.45. The van der Waals surface area contributed by atoms with Crippen molar-refractivity contribution in [3.63, 3.8) is 0 Å². The van der Waals surface area contributed by atoms with Crippen LogP contribution < -0.4 is 10.2 Å². The molecule has 0 radical (unpaired) electrons. The van der Waals surface area contributed by atoms with Crippen molar-refractivity contribution < 1.29 is 89.4 Å². The van der Waals surface area contributed by atoms with Crippen LogP contribution in [0, 0.1) is 0 Å². The van der Waals surface area contributed by atoms with Crippen LogP contribution in [0.3, 0.4) is 0 Å². The number of aromatic hydroxyl groups is 2. The van der Waals surface area contributed by atoms with Gasteiger partial charge in [-0.2, -0.15) is 0 Å². The van der Waals surface area contributed by atoms with Gasteiger partial charge < -0.3 is 89.4 Å². The highest BCUT2D eigenvalue weighted by molar-refractivity contribution is 5.89. The van der Waals surface area contributed by atoms with Gasteiger partial charge in [0, 0.05) is 17.7 Å². The number of phenolic OH excluding ortho intramolecular Hbond substituents is 2. The molecule has 0 aliphatic carbocycles. The molecular weight excluding hydrogens is 700 g/mol. The number of aliphatic hydroxyl groups excluding tert-OH is 10. The maximum atomic E-state index is 13.5. The Morgan fingerprint density at radius 2 is 1.27 bits per heavy atom. The molecule has 0 spiro atoms. The molecule has 3 fully saturated rings. The lowest BCUT2D eigenvalue weighted by atomic mass is 9.89. The molecule has 15 unspecified atom stereocenters. The van der Waals surface area contributed by atoms with Gasteiger partial charge in [-0.15, -0.1) is 0 Å². The van der Waals surface area contributed by atoms with E-state index < -0.39 is 133 Å². The molecule has 286 valence electrons. The summed E-state index contributed by atoms with van der Waals surface area (Å²) in [6, 6.07) is 7.42. The van der Waals surface area contributed by atoms with Gasteiger partial charge in [0.15, 0.2) is 17.3 Å². The fourth-order valence-corrected chi connectivity index (χ4v) is 6.49. The van der Waals surface area contributed by atoms with E-state index in [-0.39, 0.29) is 22.6 Å². The number of hydrogen-bond donors (Lipinski definition) is 12. The minimum absolute atomic E-state index is 0.0875. The molecule has 3 aliphatic heterocycles. The maximum Gasteiger partial charge on any atom is 0.229 e. The van der Waals surface area contributed by atoms with Gasteiger partial charge in [-0.05, 0) is 31.2 Å². The number of phenols is 2.